The van der Waals surface area contributed by atoms with Crippen LogP contribution in [0.4, 0.5) is 0 Å². The molecule has 0 unspecified atom stereocenters. The normalized spacial score (nSPS) is 12.1. The Hall–Kier alpha value is -2.12. The molecule has 0 aromatic heterocycles. The number of hydrogen-bond acceptors (Lipinski definition) is 0. The maximum absolute atomic E-state index is 2.33. The molecular formula is C21H22N+. The number of aryl methyl sites for hydroxylation is 1. The molecule has 0 atom stereocenters. The lowest BCUT2D eigenvalue weighted by Gasteiger charge is -2.14. The summed E-state index contributed by atoms with van der Waals surface area (Å²) in [5.74, 6) is 0. The fraction of sp³-hybridized carbons (Fsp3) is 0.238. The topological polar surface area (TPSA) is 4.44 Å². The summed E-state index contributed by atoms with van der Waals surface area (Å²) in [6, 6.07) is 20.3. The van der Waals surface area contributed by atoms with E-state index < -0.39 is 0 Å². The van der Waals surface area contributed by atoms with Crippen molar-refractivity contribution in [3.63, 3.8) is 0 Å². The molecule has 0 radical (unpaired) electrons. The van der Waals surface area contributed by atoms with Crippen molar-refractivity contribution in [2.45, 2.75) is 12.8 Å². The van der Waals surface area contributed by atoms with Gasteiger partial charge in [0.1, 0.15) is 0 Å². The summed E-state index contributed by atoms with van der Waals surface area (Å²) in [4.78, 5) is 1.53. The van der Waals surface area contributed by atoms with Gasteiger partial charge in [0.2, 0.25) is 0 Å². The minimum Gasteiger partial charge on any atom is -0.340 e. The quantitative estimate of drug-likeness (QED) is 0.547. The summed E-state index contributed by atoms with van der Waals surface area (Å²) in [5, 5.41) is 8.38. The third-order valence-electron chi connectivity index (χ3n) is 4.74. The minimum absolute atomic E-state index is 1.17. The predicted molar refractivity (Wildman–Crippen MR) is 96.1 cm³/mol. The van der Waals surface area contributed by atoms with Crippen LogP contribution in [-0.2, 0) is 6.42 Å². The molecule has 4 rings (SSSR count). The highest BCUT2D eigenvalue weighted by atomic mass is 15.0. The van der Waals surface area contributed by atoms with Crippen LogP contribution in [-0.4, -0.2) is 20.6 Å². The van der Waals surface area contributed by atoms with Crippen molar-refractivity contribution >= 4 is 32.3 Å². The lowest BCUT2D eigenvalue weighted by atomic mass is 9.91. The molecule has 0 amide bonds. The van der Waals surface area contributed by atoms with E-state index in [2.05, 4.69) is 68.7 Å². The van der Waals surface area contributed by atoms with Gasteiger partial charge in [0, 0.05) is 6.42 Å². The van der Waals surface area contributed by atoms with E-state index in [9.17, 15) is 0 Å². The molecule has 0 aliphatic carbocycles. The zero-order valence-electron chi connectivity index (χ0n) is 13.3. The van der Waals surface area contributed by atoms with Crippen molar-refractivity contribution in [1.29, 1.82) is 0 Å². The van der Waals surface area contributed by atoms with Gasteiger partial charge in [-0.05, 0) is 44.3 Å². The molecule has 110 valence electrons. The molecular weight excluding hydrogens is 266 g/mol. The predicted octanol–water partition coefficient (Wildman–Crippen LogP) is 3.66. The maximum atomic E-state index is 2.33. The van der Waals surface area contributed by atoms with Gasteiger partial charge in [-0.25, -0.2) is 0 Å². The van der Waals surface area contributed by atoms with E-state index >= 15 is 0 Å². The van der Waals surface area contributed by atoms with E-state index in [-0.39, 0.29) is 0 Å². The number of hydrogen-bond donors (Lipinski definition) is 1. The first-order valence-corrected chi connectivity index (χ1v) is 8.18. The minimum atomic E-state index is 1.17. The van der Waals surface area contributed by atoms with Crippen LogP contribution in [0.25, 0.3) is 32.3 Å². The fourth-order valence-corrected chi connectivity index (χ4v) is 3.65. The maximum Gasteiger partial charge on any atom is 0.0770 e. The molecule has 1 heteroatoms. The monoisotopic (exact) mass is 288 g/mol. The molecule has 0 aliphatic rings. The van der Waals surface area contributed by atoms with Gasteiger partial charge in [-0.2, -0.15) is 0 Å². The SMILES string of the molecule is C[NH+](C)CCCc1ccc2ccc3cccc4ccc1c2c34. The van der Waals surface area contributed by atoms with Crippen molar-refractivity contribution in [2.75, 3.05) is 20.6 Å². The summed E-state index contributed by atoms with van der Waals surface area (Å²) in [5.41, 5.74) is 1.49. The van der Waals surface area contributed by atoms with Crippen molar-refractivity contribution in [3.05, 3.63) is 60.2 Å². The molecule has 1 N–H and O–H groups in total. The Bertz CT molecular complexity index is 921. The van der Waals surface area contributed by atoms with Crippen molar-refractivity contribution in [2.24, 2.45) is 0 Å². The van der Waals surface area contributed by atoms with Crippen LogP contribution >= 0.6 is 0 Å². The van der Waals surface area contributed by atoms with E-state index in [0.717, 1.165) is 0 Å². The van der Waals surface area contributed by atoms with Gasteiger partial charge in [0.15, 0.2) is 0 Å². The molecule has 0 heterocycles. The van der Waals surface area contributed by atoms with Crippen LogP contribution in [0.3, 0.4) is 0 Å². The highest BCUT2D eigenvalue weighted by Gasteiger charge is 2.10. The van der Waals surface area contributed by atoms with E-state index in [1.165, 1.54) is 62.2 Å². The number of rotatable bonds is 4. The first kappa shape index (κ1) is 13.5. The van der Waals surface area contributed by atoms with Gasteiger partial charge in [0.25, 0.3) is 0 Å². The molecule has 0 bridgehead atoms. The van der Waals surface area contributed by atoms with Gasteiger partial charge < -0.3 is 4.90 Å². The summed E-state index contributed by atoms with van der Waals surface area (Å²) in [6.45, 7) is 1.22. The lowest BCUT2D eigenvalue weighted by Crippen LogP contribution is -3.05. The van der Waals surface area contributed by atoms with Crippen molar-refractivity contribution < 1.29 is 4.90 Å². The van der Waals surface area contributed by atoms with E-state index in [0.29, 0.717) is 0 Å². The number of benzene rings is 4. The highest BCUT2D eigenvalue weighted by molar-refractivity contribution is 6.23. The smallest absolute Gasteiger partial charge is 0.0770 e. The molecule has 0 fully saturated rings. The molecule has 4 aromatic rings. The van der Waals surface area contributed by atoms with Crippen LogP contribution in [0.1, 0.15) is 12.0 Å². The van der Waals surface area contributed by atoms with Gasteiger partial charge >= 0.3 is 0 Å². The number of quaternary nitrogens is 1. The number of nitrogens with one attached hydrogen (secondary N) is 1. The Morgan fingerprint density at radius 1 is 0.727 bits per heavy atom. The van der Waals surface area contributed by atoms with E-state index in [1.54, 1.807) is 0 Å². The molecule has 0 saturated carbocycles. The third-order valence-corrected chi connectivity index (χ3v) is 4.74. The Balaban J connectivity index is 1.92. The van der Waals surface area contributed by atoms with E-state index in [1.807, 2.05) is 0 Å². The molecule has 22 heavy (non-hydrogen) atoms. The lowest BCUT2D eigenvalue weighted by molar-refractivity contribution is -0.858. The van der Waals surface area contributed by atoms with Crippen molar-refractivity contribution in [1.82, 2.24) is 0 Å². The second kappa shape index (κ2) is 5.26. The van der Waals surface area contributed by atoms with Crippen LogP contribution < -0.4 is 4.90 Å². The second-order valence-electron chi connectivity index (χ2n) is 6.64. The summed E-state index contributed by atoms with van der Waals surface area (Å²) >= 11 is 0. The molecule has 0 saturated heterocycles. The third kappa shape index (κ3) is 2.13. The summed E-state index contributed by atoms with van der Waals surface area (Å²) in [6.07, 6.45) is 2.41. The zero-order chi connectivity index (χ0) is 15.1. The van der Waals surface area contributed by atoms with Crippen LogP contribution in [0.15, 0.2) is 54.6 Å². The van der Waals surface area contributed by atoms with Crippen molar-refractivity contribution in [3.8, 4) is 0 Å². The standard InChI is InChI=1S/C21H21N/c1-22(2)14-4-7-15-8-9-18-11-10-16-5-3-6-17-12-13-19(15)21(18)20(16)17/h3,5-6,8-13H,4,7,14H2,1-2H3/p+1. The van der Waals surface area contributed by atoms with Gasteiger partial charge in [-0.3, -0.25) is 0 Å². The van der Waals surface area contributed by atoms with Gasteiger partial charge in [-0.15, -0.1) is 0 Å². The molecule has 0 spiro atoms. The highest BCUT2D eigenvalue weighted by Crippen LogP contribution is 2.36. The Labute approximate surface area is 131 Å². The first-order valence-electron chi connectivity index (χ1n) is 8.18. The van der Waals surface area contributed by atoms with Crippen LogP contribution in [0, 0.1) is 0 Å². The molecule has 1 nitrogen and oxygen atoms in total. The Morgan fingerprint density at radius 3 is 2.09 bits per heavy atom. The Kier molecular flexibility index (Phi) is 3.24. The van der Waals surface area contributed by atoms with Gasteiger partial charge in [0.05, 0.1) is 20.6 Å². The summed E-state index contributed by atoms with van der Waals surface area (Å²) < 4.78 is 0. The van der Waals surface area contributed by atoms with Crippen LogP contribution in [0.2, 0.25) is 0 Å². The average molecular weight is 288 g/mol. The average Bonchev–Trinajstić information content (AvgIpc) is 2.53. The zero-order valence-corrected chi connectivity index (χ0v) is 13.3. The summed E-state index contributed by atoms with van der Waals surface area (Å²) in [7, 11) is 4.45. The Morgan fingerprint density at radius 2 is 1.36 bits per heavy atom. The van der Waals surface area contributed by atoms with Crippen LogP contribution in [0.5, 0.6) is 0 Å². The second-order valence-corrected chi connectivity index (χ2v) is 6.64. The largest absolute Gasteiger partial charge is 0.340 e. The van der Waals surface area contributed by atoms with Gasteiger partial charge in [-0.1, -0.05) is 54.6 Å². The van der Waals surface area contributed by atoms with E-state index in [4.69, 9.17) is 0 Å². The molecule has 4 aromatic carbocycles. The first-order chi connectivity index (χ1) is 10.7. The molecule has 0 aliphatic heterocycles. The fourth-order valence-electron chi connectivity index (χ4n) is 3.65.